The predicted molar refractivity (Wildman–Crippen MR) is 67.3 cm³/mol. The number of unbranched alkanes of at least 4 members (excludes halogenated alkanes) is 2. The Bertz CT molecular complexity index is 426. The Morgan fingerprint density at radius 1 is 1.16 bits per heavy atom. The molecular formula is C13H15ClNNaO3. The van der Waals surface area contributed by atoms with E-state index < -0.39 is 5.97 Å². The summed E-state index contributed by atoms with van der Waals surface area (Å²) in [6.07, 6.45) is 2.13. The maximum absolute atomic E-state index is 11.7. The van der Waals surface area contributed by atoms with Gasteiger partial charge in [-0.2, -0.15) is 0 Å². The predicted octanol–water partition coefficient (Wildman–Crippen LogP) is -1.62. The first-order chi connectivity index (χ1) is 8.61. The molecule has 0 aliphatic rings. The van der Waals surface area contributed by atoms with Gasteiger partial charge in [-0.05, 0) is 31.4 Å². The number of benzene rings is 1. The van der Waals surface area contributed by atoms with Crippen LogP contribution in [0.3, 0.4) is 0 Å². The smallest absolute Gasteiger partial charge is 0.550 e. The molecule has 1 amide bonds. The van der Waals surface area contributed by atoms with Crippen molar-refractivity contribution in [1.82, 2.24) is 5.32 Å². The number of hydrogen-bond donors (Lipinski definition) is 1. The largest absolute Gasteiger partial charge is 1.00 e. The van der Waals surface area contributed by atoms with Crippen molar-refractivity contribution in [2.45, 2.75) is 25.7 Å². The molecule has 0 atom stereocenters. The third kappa shape index (κ3) is 7.57. The first-order valence-corrected chi connectivity index (χ1v) is 6.21. The van der Waals surface area contributed by atoms with Crippen LogP contribution in [0, 0.1) is 0 Å². The average Bonchev–Trinajstić information content (AvgIpc) is 2.33. The van der Waals surface area contributed by atoms with E-state index >= 15 is 0 Å². The van der Waals surface area contributed by atoms with Gasteiger partial charge in [0.2, 0.25) is 0 Å². The summed E-state index contributed by atoms with van der Waals surface area (Å²) >= 11 is 5.88. The van der Waals surface area contributed by atoms with Gasteiger partial charge in [0.1, 0.15) is 0 Å². The van der Waals surface area contributed by atoms with Crippen molar-refractivity contribution in [3.8, 4) is 0 Å². The third-order valence-corrected chi connectivity index (χ3v) is 2.79. The van der Waals surface area contributed by atoms with E-state index in [-0.39, 0.29) is 41.9 Å². The molecule has 1 aromatic carbocycles. The SMILES string of the molecule is O=C([O-])CCCCCNC(=O)c1ccccc1Cl.[Na+]. The number of aliphatic carboxylic acids is 1. The number of amides is 1. The number of rotatable bonds is 7. The Morgan fingerprint density at radius 3 is 2.47 bits per heavy atom. The van der Waals surface area contributed by atoms with Crippen LogP contribution >= 0.6 is 11.6 Å². The molecule has 1 N–H and O–H groups in total. The zero-order chi connectivity index (χ0) is 13.4. The molecule has 0 aliphatic carbocycles. The van der Waals surface area contributed by atoms with E-state index in [4.69, 9.17) is 11.6 Å². The van der Waals surface area contributed by atoms with Crippen LogP contribution in [0.5, 0.6) is 0 Å². The summed E-state index contributed by atoms with van der Waals surface area (Å²) in [7, 11) is 0. The quantitative estimate of drug-likeness (QED) is 0.485. The summed E-state index contributed by atoms with van der Waals surface area (Å²) in [6, 6.07) is 6.84. The fraction of sp³-hybridized carbons (Fsp3) is 0.385. The fourth-order valence-corrected chi connectivity index (χ4v) is 1.74. The van der Waals surface area contributed by atoms with Crippen LogP contribution in [-0.2, 0) is 4.79 Å². The Morgan fingerprint density at radius 2 is 1.84 bits per heavy atom. The van der Waals surface area contributed by atoms with Gasteiger partial charge in [0, 0.05) is 12.5 Å². The van der Waals surface area contributed by atoms with Gasteiger partial charge in [-0.25, -0.2) is 0 Å². The number of nitrogens with one attached hydrogen (secondary N) is 1. The van der Waals surface area contributed by atoms with E-state index in [1.165, 1.54) is 0 Å². The van der Waals surface area contributed by atoms with Crippen LogP contribution in [0.1, 0.15) is 36.0 Å². The summed E-state index contributed by atoms with van der Waals surface area (Å²) in [6.45, 7) is 0.511. The Kier molecular flexibility index (Phi) is 9.97. The normalized spacial score (nSPS) is 9.53. The zero-order valence-electron chi connectivity index (χ0n) is 10.9. The molecule has 4 nitrogen and oxygen atoms in total. The van der Waals surface area contributed by atoms with Crippen molar-refractivity contribution in [2.24, 2.45) is 0 Å². The van der Waals surface area contributed by atoms with Crippen molar-refractivity contribution < 1.29 is 44.3 Å². The molecule has 1 rings (SSSR count). The zero-order valence-corrected chi connectivity index (χ0v) is 13.7. The van der Waals surface area contributed by atoms with Crippen molar-refractivity contribution in [3.05, 3.63) is 34.9 Å². The fourth-order valence-electron chi connectivity index (χ4n) is 1.51. The summed E-state index contributed by atoms with van der Waals surface area (Å²) in [5.74, 6) is -1.24. The Hall–Kier alpha value is -0.550. The summed E-state index contributed by atoms with van der Waals surface area (Å²) in [5.41, 5.74) is 0.453. The number of carboxylic acid groups (broad SMARTS) is 1. The van der Waals surface area contributed by atoms with E-state index in [0.717, 1.165) is 12.8 Å². The molecule has 0 aliphatic heterocycles. The molecule has 0 saturated carbocycles. The van der Waals surface area contributed by atoms with Gasteiger partial charge in [0.15, 0.2) is 0 Å². The summed E-state index contributed by atoms with van der Waals surface area (Å²) in [5, 5.41) is 13.3. The van der Waals surface area contributed by atoms with E-state index in [9.17, 15) is 14.7 Å². The van der Waals surface area contributed by atoms with Gasteiger partial charge >= 0.3 is 29.6 Å². The van der Waals surface area contributed by atoms with Crippen LogP contribution < -0.4 is 40.0 Å². The van der Waals surface area contributed by atoms with E-state index in [2.05, 4.69) is 5.32 Å². The van der Waals surface area contributed by atoms with Crippen molar-refractivity contribution in [1.29, 1.82) is 0 Å². The molecule has 1 aromatic rings. The van der Waals surface area contributed by atoms with Gasteiger partial charge in [0.05, 0.1) is 10.6 Å². The third-order valence-electron chi connectivity index (χ3n) is 2.46. The number of halogens is 1. The minimum Gasteiger partial charge on any atom is -0.550 e. The van der Waals surface area contributed by atoms with Crippen molar-refractivity contribution in [2.75, 3.05) is 6.54 Å². The number of hydrogen-bond acceptors (Lipinski definition) is 3. The Labute approximate surface area is 139 Å². The Balaban J connectivity index is 0.00000324. The van der Waals surface area contributed by atoms with Crippen LogP contribution in [-0.4, -0.2) is 18.4 Å². The monoisotopic (exact) mass is 291 g/mol. The van der Waals surface area contributed by atoms with Crippen LogP contribution in [0.25, 0.3) is 0 Å². The van der Waals surface area contributed by atoms with Gasteiger partial charge in [-0.3, -0.25) is 4.79 Å². The standard InChI is InChI=1S/C13H16ClNO3.Na/c14-11-7-4-3-6-10(11)13(18)15-9-5-1-2-8-12(16)17;/h3-4,6-7H,1-2,5,8-9H2,(H,15,18)(H,16,17);/q;+1/p-1. The maximum Gasteiger partial charge on any atom is 1.00 e. The second kappa shape index (κ2) is 10.3. The molecule has 6 heteroatoms. The van der Waals surface area contributed by atoms with Crippen molar-refractivity contribution >= 4 is 23.5 Å². The summed E-state index contributed by atoms with van der Waals surface area (Å²) in [4.78, 5) is 21.9. The molecule has 98 valence electrons. The van der Waals surface area contributed by atoms with Crippen LogP contribution in [0.15, 0.2) is 24.3 Å². The molecule has 0 radical (unpaired) electrons. The number of carbonyl (C=O) groups is 2. The van der Waals surface area contributed by atoms with Crippen LogP contribution in [0.4, 0.5) is 0 Å². The first-order valence-electron chi connectivity index (χ1n) is 5.84. The molecule has 0 unspecified atom stereocenters. The van der Waals surface area contributed by atoms with Gasteiger partial charge in [-0.1, -0.05) is 30.2 Å². The molecule has 0 fully saturated rings. The van der Waals surface area contributed by atoms with Crippen molar-refractivity contribution in [3.63, 3.8) is 0 Å². The minimum atomic E-state index is -1.03. The van der Waals surface area contributed by atoms with Gasteiger partial charge in [0.25, 0.3) is 5.91 Å². The summed E-state index contributed by atoms with van der Waals surface area (Å²) < 4.78 is 0. The molecule has 0 aromatic heterocycles. The maximum atomic E-state index is 11.7. The van der Waals surface area contributed by atoms with Gasteiger partial charge < -0.3 is 15.2 Å². The second-order valence-corrected chi connectivity index (χ2v) is 4.33. The molecule has 0 bridgehead atoms. The van der Waals surface area contributed by atoms with Gasteiger partial charge in [-0.15, -0.1) is 0 Å². The number of carboxylic acids is 1. The minimum absolute atomic E-state index is 0. The second-order valence-electron chi connectivity index (χ2n) is 3.92. The van der Waals surface area contributed by atoms with Crippen LogP contribution in [0.2, 0.25) is 5.02 Å². The molecule has 0 heterocycles. The number of carbonyl (C=O) groups excluding carboxylic acids is 2. The molecular weight excluding hydrogens is 277 g/mol. The molecule has 0 saturated heterocycles. The van der Waals surface area contributed by atoms with E-state index in [1.54, 1.807) is 24.3 Å². The topological polar surface area (TPSA) is 69.2 Å². The average molecular weight is 292 g/mol. The molecule has 0 spiro atoms. The van der Waals surface area contributed by atoms with E-state index in [0.29, 0.717) is 23.6 Å². The molecule has 19 heavy (non-hydrogen) atoms. The van der Waals surface area contributed by atoms with E-state index in [1.807, 2.05) is 0 Å². The first kappa shape index (κ1) is 18.4.